The number of aromatic nitrogens is 2. The second-order valence-corrected chi connectivity index (χ2v) is 15.6. The van der Waals surface area contributed by atoms with Crippen LogP contribution in [0.5, 0.6) is 11.8 Å². The van der Waals surface area contributed by atoms with Gasteiger partial charge in [0, 0.05) is 71.9 Å². The van der Waals surface area contributed by atoms with E-state index < -0.39 is 17.6 Å². The fourth-order valence-electron chi connectivity index (χ4n) is 9.21. The number of aromatic hydroxyl groups is 1. The van der Waals surface area contributed by atoms with Crippen molar-refractivity contribution < 1.29 is 27.4 Å². The smallest absolute Gasteiger partial charge is 0.319 e. The van der Waals surface area contributed by atoms with Gasteiger partial charge in [-0.2, -0.15) is 9.97 Å². The Morgan fingerprint density at radius 3 is 2.42 bits per heavy atom. The molecule has 5 aliphatic rings. The maximum atomic E-state index is 16.9. The molecule has 2 aliphatic carbocycles. The molecule has 2 N–H and O–H groups in total. The van der Waals surface area contributed by atoms with Crippen LogP contribution in [-0.2, 0) is 0 Å². The van der Waals surface area contributed by atoms with Crippen LogP contribution in [0.2, 0.25) is 0 Å². The SMILES string of the molecule is C#Cc1cccc2cc(O)cc(-c3c(F)cc4c(N5CC6CCC(C5)N6)nc(OCC5(CN6CCC7(CC6)CC(F)(F)C7)CC5)nc4c3F)c12. The van der Waals surface area contributed by atoms with E-state index in [1.165, 1.54) is 18.2 Å². The topological polar surface area (TPSA) is 73.8 Å². The van der Waals surface area contributed by atoms with Crippen LogP contribution in [0, 0.1) is 34.8 Å². The highest BCUT2D eigenvalue weighted by Gasteiger charge is 2.57. The second-order valence-electron chi connectivity index (χ2n) is 15.6. The molecule has 1 aromatic heterocycles. The van der Waals surface area contributed by atoms with E-state index in [0.717, 1.165) is 58.2 Å². The summed E-state index contributed by atoms with van der Waals surface area (Å²) in [4.78, 5) is 13.8. The lowest BCUT2D eigenvalue weighted by Crippen LogP contribution is -2.53. The molecule has 3 aliphatic heterocycles. The van der Waals surface area contributed by atoms with Gasteiger partial charge in [0.1, 0.15) is 22.9 Å². The number of anilines is 1. The number of nitrogens with one attached hydrogen (secondary N) is 1. The van der Waals surface area contributed by atoms with Gasteiger partial charge in [-0.25, -0.2) is 17.6 Å². The molecule has 5 fully saturated rings. The van der Waals surface area contributed by atoms with Crippen LogP contribution in [0.3, 0.4) is 0 Å². The van der Waals surface area contributed by atoms with Gasteiger partial charge in [-0.15, -0.1) is 6.42 Å². The summed E-state index contributed by atoms with van der Waals surface area (Å²) in [6.45, 7) is 4.01. The number of hydrogen-bond acceptors (Lipinski definition) is 7. The molecule has 260 valence electrons. The van der Waals surface area contributed by atoms with Crippen LogP contribution in [0.4, 0.5) is 23.4 Å². The van der Waals surface area contributed by atoms with Gasteiger partial charge in [0.05, 0.1) is 12.2 Å². The van der Waals surface area contributed by atoms with Gasteiger partial charge in [-0.1, -0.05) is 18.1 Å². The maximum absolute atomic E-state index is 16.9. The van der Waals surface area contributed by atoms with E-state index in [0.29, 0.717) is 41.9 Å². The van der Waals surface area contributed by atoms with E-state index in [9.17, 15) is 13.9 Å². The first kappa shape index (κ1) is 31.8. The summed E-state index contributed by atoms with van der Waals surface area (Å²) in [6.07, 6.45) is 11.4. The van der Waals surface area contributed by atoms with E-state index in [2.05, 4.69) is 26.0 Å². The van der Waals surface area contributed by atoms with E-state index in [1.807, 2.05) is 0 Å². The van der Waals surface area contributed by atoms with Crippen molar-refractivity contribution in [3.05, 3.63) is 53.6 Å². The quantitative estimate of drug-likeness (QED) is 0.160. The number of alkyl halides is 2. The molecule has 9 rings (SSSR count). The van der Waals surface area contributed by atoms with E-state index >= 15 is 8.78 Å². The molecule has 7 nitrogen and oxygen atoms in total. The molecule has 2 saturated carbocycles. The number of rotatable bonds is 7. The van der Waals surface area contributed by atoms with Crippen molar-refractivity contribution in [2.45, 2.75) is 69.4 Å². The molecule has 11 heteroatoms. The summed E-state index contributed by atoms with van der Waals surface area (Å²) < 4.78 is 66.9. The highest BCUT2D eigenvalue weighted by molar-refractivity contribution is 6.04. The Balaban J connectivity index is 1.06. The van der Waals surface area contributed by atoms with Crippen molar-refractivity contribution in [3.8, 4) is 35.2 Å². The van der Waals surface area contributed by atoms with Crippen LogP contribution < -0.4 is 15.0 Å². The molecule has 2 atom stereocenters. The number of benzene rings is 3. The molecule has 3 aromatic carbocycles. The number of piperidine rings is 1. The Bertz CT molecular complexity index is 2050. The third-order valence-corrected chi connectivity index (χ3v) is 12.0. The molecule has 0 radical (unpaired) electrons. The minimum Gasteiger partial charge on any atom is -0.508 e. The summed E-state index contributed by atoms with van der Waals surface area (Å²) in [7, 11) is 0. The van der Waals surface area contributed by atoms with Crippen molar-refractivity contribution in [1.29, 1.82) is 0 Å². The second kappa shape index (κ2) is 11.4. The van der Waals surface area contributed by atoms with Gasteiger partial charge >= 0.3 is 6.01 Å². The van der Waals surface area contributed by atoms with Crippen molar-refractivity contribution in [3.63, 3.8) is 0 Å². The lowest BCUT2D eigenvalue weighted by molar-refractivity contribution is -0.178. The molecule has 0 amide bonds. The van der Waals surface area contributed by atoms with Crippen LogP contribution in [0.1, 0.15) is 56.9 Å². The maximum Gasteiger partial charge on any atom is 0.319 e. The largest absolute Gasteiger partial charge is 0.508 e. The average Bonchev–Trinajstić information content (AvgIpc) is 3.76. The van der Waals surface area contributed by atoms with E-state index in [1.54, 1.807) is 18.2 Å². The molecule has 2 bridgehead atoms. The van der Waals surface area contributed by atoms with E-state index in [4.69, 9.17) is 16.1 Å². The van der Waals surface area contributed by atoms with Crippen LogP contribution in [0.25, 0.3) is 32.8 Å². The third kappa shape index (κ3) is 5.52. The zero-order valence-electron chi connectivity index (χ0n) is 27.8. The lowest BCUT2D eigenvalue weighted by atomic mass is 9.61. The third-order valence-electron chi connectivity index (χ3n) is 12.0. The molecule has 50 heavy (non-hydrogen) atoms. The predicted molar refractivity (Wildman–Crippen MR) is 184 cm³/mol. The summed E-state index contributed by atoms with van der Waals surface area (Å²) >= 11 is 0. The van der Waals surface area contributed by atoms with Gasteiger partial charge in [0.2, 0.25) is 5.92 Å². The summed E-state index contributed by atoms with van der Waals surface area (Å²) in [5.74, 6) is -1.30. The molecular formula is C39H39F4N5O2. The van der Waals surface area contributed by atoms with Gasteiger partial charge in [0.15, 0.2) is 5.82 Å². The normalized spacial score (nSPS) is 24.7. The number of piperazine rings is 1. The van der Waals surface area contributed by atoms with Gasteiger partial charge in [-0.05, 0) is 86.7 Å². The Morgan fingerprint density at radius 1 is 1.00 bits per heavy atom. The minimum absolute atomic E-state index is 0.00715. The van der Waals surface area contributed by atoms with Gasteiger partial charge in [0.25, 0.3) is 0 Å². The van der Waals surface area contributed by atoms with Gasteiger partial charge < -0.3 is 25.0 Å². The predicted octanol–water partition coefficient (Wildman–Crippen LogP) is 7.03. The number of ether oxygens (including phenoxy) is 1. The zero-order valence-corrected chi connectivity index (χ0v) is 27.8. The Kier molecular flexibility index (Phi) is 7.28. The summed E-state index contributed by atoms with van der Waals surface area (Å²) in [5.41, 5.74) is -0.127. The Labute approximate surface area is 288 Å². The number of phenolic OH excluding ortho intramolecular Hbond substituents is 1. The molecule has 1 spiro atoms. The molecule has 4 heterocycles. The molecule has 3 saturated heterocycles. The minimum atomic E-state index is -2.51. The highest BCUT2D eigenvalue weighted by Crippen LogP contribution is 2.58. The summed E-state index contributed by atoms with van der Waals surface area (Å²) in [6, 6.07) is 9.85. The fourth-order valence-corrected chi connectivity index (χ4v) is 9.21. The molecule has 4 aromatic rings. The average molecular weight is 686 g/mol. The first-order chi connectivity index (χ1) is 24.0. The number of nitrogens with zero attached hydrogens (tertiary/aromatic N) is 4. The van der Waals surface area contributed by atoms with Gasteiger partial charge in [-0.3, -0.25) is 0 Å². The lowest BCUT2D eigenvalue weighted by Gasteiger charge is -2.52. The zero-order chi connectivity index (χ0) is 34.4. The number of likely N-dealkylation sites (tertiary alicyclic amines) is 1. The van der Waals surface area contributed by atoms with Crippen molar-refractivity contribution in [2.24, 2.45) is 10.8 Å². The molecular weight excluding hydrogens is 646 g/mol. The summed E-state index contributed by atoms with van der Waals surface area (Å²) in [5, 5.41) is 15.5. The number of terminal acetylenes is 1. The van der Waals surface area contributed by atoms with Crippen molar-refractivity contribution >= 4 is 27.5 Å². The monoisotopic (exact) mass is 685 g/mol. The fraction of sp³-hybridized carbons (Fsp3) is 0.487. The van der Waals surface area contributed by atoms with Crippen LogP contribution in [-0.4, -0.2) is 77.3 Å². The first-order valence-electron chi connectivity index (χ1n) is 17.7. The number of fused-ring (bicyclic) bond motifs is 4. The Morgan fingerprint density at radius 2 is 1.74 bits per heavy atom. The van der Waals surface area contributed by atoms with Crippen LogP contribution in [0.15, 0.2) is 36.4 Å². The van der Waals surface area contributed by atoms with Crippen molar-refractivity contribution in [2.75, 3.05) is 44.2 Å². The van der Waals surface area contributed by atoms with E-state index in [-0.39, 0.29) is 69.5 Å². The van der Waals surface area contributed by atoms with Crippen LogP contribution >= 0.6 is 0 Å². The number of hydrogen-bond donors (Lipinski definition) is 2. The van der Waals surface area contributed by atoms with Crippen molar-refractivity contribution in [1.82, 2.24) is 20.2 Å². The number of phenols is 1. The first-order valence-corrected chi connectivity index (χ1v) is 17.7. The number of halogens is 4. The Hall–Kier alpha value is -4.14. The highest BCUT2D eigenvalue weighted by atomic mass is 19.3. The molecule has 2 unspecified atom stereocenters. The standard InChI is InChI=1S/C39H39F4N5O2/c1-2-23-4-3-5-24-14-27(49)15-28(31(23)24)32-30(40)16-29-34(33(32)41)45-36(46-35(29)48-17-25-6-7-26(18-48)44-25)50-22-38(8-9-38)21-47-12-10-37(11-13-47)19-39(42,43)20-37/h1,3-5,14-16,25-26,44,49H,6-13,17-22H2.